The highest BCUT2D eigenvalue weighted by atomic mass is 16.6. The number of benzene rings is 1. The van der Waals surface area contributed by atoms with Crippen LogP contribution in [-0.2, 0) is 9.53 Å². The Labute approximate surface area is 138 Å². The maximum atomic E-state index is 12.6. The van der Waals surface area contributed by atoms with E-state index in [2.05, 4.69) is 19.2 Å². The zero-order valence-corrected chi connectivity index (χ0v) is 14.0. The molecule has 1 aliphatic rings. The van der Waals surface area contributed by atoms with Crippen LogP contribution in [0.25, 0.3) is 0 Å². The average Bonchev–Trinajstić information content (AvgIpc) is 2.97. The fraction of sp³-hybridized carbons (Fsp3) is 0.556. The molecule has 0 aliphatic carbocycles. The number of amides is 2. The van der Waals surface area contributed by atoms with Gasteiger partial charge >= 0.3 is 6.09 Å². The quantitative estimate of drug-likeness (QED) is 0.750. The molecule has 0 saturated carbocycles. The van der Waals surface area contributed by atoms with E-state index in [1.165, 1.54) is 0 Å². The lowest BCUT2D eigenvalue weighted by molar-refractivity contribution is -0.123. The second-order valence-corrected chi connectivity index (χ2v) is 6.02. The van der Waals surface area contributed by atoms with E-state index in [-0.39, 0.29) is 23.8 Å². The molecule has 126 valence electrons. The normalized spacial score (nSPS) is 16.8. The Balaban J connectivity index is 1.84. The van der Waals surface area contributed by atoms with Gasteiger partial charge in [-0.1, -0.05) is 50.6 Å². The molecule has 1 heterocycles. The maximum Gasteiger partial charge on any atom is 0.409 e. The van der Waals surface area contributed by atoms with Gasteiger partial charge in [0.05, 0.1) is 12.5 Å². The number of nitrogens with one attached hydrogen (secondary N) is 1. The van der Waals surface area contributed by atoms with Crippen molar-refractivity contribution in [1.29, 1.82) is 0 Å². The molecule has 0 radical (unpaired) electrons. The van der Waals surface area contributed by atoms with Crippen molar-refractivity contribution in [2.24, 2.45) is 5.92 Å². The number of carbonyl (C=O) groups excluding carboxylic acids is 2. The van der Waals surface area contributed by atoms with Gasteiger partial charge in [0.15, 0.2) is 0 Å². The first-order valence-electron chi connectivity index (χ1n) is 8.37. The van der Waals surface area contributed by atoms with Gasteiger partial charge in [0, 0.05) is 13.1 Å². The van der Waals surface area contributed by atoms with E-state index >= 15 is 0 Å². The standard InChI is InChI=1S/C18H26N2O3/c1-3-14(2)16(15-8-5-4-6-9-15)17(21)19-10-7-11-20-12-13-23-18(20)22/h4-6,8-9,14,16H,3,7,10-13H2,1-2H3,(H,19,21)/t14-,16+/m0/s1. The van der Waals surface area contributed by atoms with E-state index in [1.807, 2.05) is 30.3 Å². The van der Waals surface area contributed by atoms with Crippen molar-refractivity contribution in [2.45, 2.75) is 32.6 Å². The van der Waals surface area contributed by atoms with Crippen LogP contribution in [0.3, 0.4) is 0 Å². The van der Waals surface area contributed by atoms with E-state index in [0.29, 0.717) is 26.2 Å². The Morgan fingerprint density at radius 2 is 2.09 bits per heavy atom. The third-order valence-electron chi connectivity index (χ3n) is 4.40. The van der Waals surface area contributed by atoms with Crippen LogP contribution in [-0.4, -0.2) is 43.1 Å². The Hall–Kier alpha value is -2.04. The summed E-state index contributed by atoms with van der Waals surface area (Å²) >= 11 is 0. The van der Waals surface area contributed by atoms with Crippen LogP contribution in [0.1, 0.15) is 38.2 Å². The zero-order chi connectivity index (χ0) is 16.7. The van der Waals surface area contributed by atoms with Crippen molar-refractivity contribution in [1.82, 2.24) is 10.2 Å². The fourth-order valence-corrected chi connectivity index (χ4v) is 2.85. The number of hydrogen-bond acceptors (Lipinski definition) is 3. The highest BCUT2D eigenvalue weighted by Crippen LogP contribution is 2.27. The molecule has 2 rings (SSSR count). The third-order valence-corrected chi connectivity index (χ3v) is 4.40. The maximum absolute atomic E-state index is 12.6. The molecule has 1 saturated heterocycles. The molecule has 0 aromatic heterocycles. The van der Waals surface area contributed by atoms with E-state index in [4.69, 9.17) is 4.74 Å². The summed E-state index contributed by atoms with van der Waals surface area (Å²) in [5, 5.41) is 3.02. The summed E-state index contributed by atoms with van der Waals surface area (Å²) in [4.78, 5) is 25.6. The molecule has 0 unspecified atom stereocenters. The van der Waals surface area contributed by atoms with Gasteiger partial charge in [-0.25, -0.2) is 4.79 Å². The third kappa shape index (κ3) is 4.71. The zero-order valence-electron chi connectivity index (χ0n) is 14.0. The minimum absolute atomic E-state index is 0.0644. The van der Waals surface area contributed by atoms with Crippen molar-refractivity contribution in [3.05, 3.63) is 35.9 Å². The molecule has 1 N–H and O–H groups in total. The van der Waals surface area contributed by atoms with Gasteiger partial charge in [0.25, 0.3) is 0 Å². The lowest BCUT2D eigenvalue weighted by atomic mass is 9.85. The Kier molecular flexibility index (Phi) is 6.44. The summed E-state index contributed by atoms with van der Waals surface area (Å²) in [6, 6.07) is 9.92. The molecule has 5 heteroatoms. The van der Waals surface area contributed by atoms with Crippen LogP contribution in [0.15, 0.2) is 30.3 Å². The highest BCUT2D eigenvalue weighted by molar-refractivity contribution is 5.83. The van der Waals surface area contributed by atoms with Gasteiger partial charge in [0.1, 0.15) is 6.61 Å². The number of carbonyl (C=O) groups is 2. The Morgan fingerprint density at radius 1 is 1.35 bits per heavy atom. The van der Waals surface area contributed by atoms with Crippen molar-refractivity contribution >= 4 is 12.0 Å². The number of rotatable bonds is 8. The first kappa shape index (κ1) is 17.3. The molecule has 0 bridgehead atoms. The van der Waals surface area contributed by atoms with Crippen molar-refractivity contribution in [3.8, 4) is 0 Å². The Morgan fingerprint density at radius 3 is 2.70 bits per heavy atom. The molecule has 2 atom stereocenters. The topological polar surface area (TPSA) is 58.6 Å². The van der Waals surface area contributed by atoms with Gasteiger partial charge in [0.2, 0.25) is 5.91 Å². The number of hydrogen-bond donors (Lipinski definition) is 1. The van der Waals surface area contributed by atoms with Gasteiger partial charge in [-0.2, -0.15) is 0 Å². The number of nitrogens with zero attached hydrogens (tertiary/aromatic N) is 1. The summed E-state index contributed by atoms with van der Waals surface area (Å²) in [6.07, 6.45) is 1.44. The summed E-state index contributed by atoms with van der Waals surface area (Å²) in [5.74, 6) is 0.221. The van der Waals surface area contributed by atoms with Crippen LogP contribution < -0.4 is 5.32 Å². The lowest BCUT2D eigenvalue weighted by Crippen LogP contribution is -2.35. The van der Waals surface area contributed by atoms with E-state index in [1.54, 1.807) is 4.90 Å². The highest BCUT2D eigenvalue weighted by Gasteiger charge is 2.25. The SMILES string of the molecule is CC[C@H](C)[C@@H](C(=O)NCCCN1CCOC1=O)c1ccccc1. The second-order valence-electron chi connectivity index (χ2n) is 6.02. The van der Waals surface area contributed by atoms with Gasteiger partial charge in [-0.15, -0.1) is 0 Å². The van der Waals surface area contributed by atoms with Crippen LogP contribution in [0, 0.1) is 5.92 Å². The first-order valence-corrected chi connectivity index (χ1v) is 8.37. The minimum Gasteiger partial charge on any atom is -0.448 e. The molecule has 1 aliphatic heterocycles. The molecule has 2 amide bonds. The fourth-order valence-electron chi connectivity index (χ4n) is 2.85. The predicted molar refractivity (Wildman–Crippen MR) is 89.2 cm³/mol. The second kappa shape index (κ2) is 8.56. The average molecular weight is 318 g/mol. The van der Waals surface area contributed by atoms with Crippen molar-refractivity contribution in [3.63, 3.8) is 0 Å². The molecule has 23 heavy (non-hydrogen) atoms. The summed E-state index contributed by atoms with van der Waals surface area (Å²) in [5.41, 5.74) is 1.06. The number of ether oxygens (including phenoxy) is 1. The van der Waals surface area contributed by atoms with E-state index in [0.717, 1.165) is 18.4 Å². The molecular formula is C18H26N2O3. The minimum atomic E-state index is -0.252. The summed E-state index contributed by atoms with van der Waals surface area (Å²) in [6.45, 7) is 6.52. The molecule has 1 aromatic carbocycles. The van der Waals surface area contributed by atoms with E-state index in [9.17, 15) is 9.59 Å². The van der Waals surface area contributed by atoms with Crippen LogP contribution in [0.4, 0.5) is 4.79 Å². The van der Waals surface area contributed by atoms with Gasteiger partial charge in [-0.05, 0) is 17.9 Å². The Bertz CT molecular complexity index is 518. The van der Waals surface area contributed by atoms with E-state index < -0.39 is 0 Å². The summed E-state index contributed by atoms with van der Waals surface area (Å²) in [7, 11) is 0. The van der Waals surface area contributed by atoms with Crippen LogP contribution >= 0.6 is 0 Å². The predicted octanol–water partition coefficient (Wildman–Crippen LogP) is 2.77. The molecular weight excluding hydrogens is 292 g/mol. The number of cyclic esters (lactones) is 1. The van der Waals surface area contributed by atoms with Gasteiger partial charge in [-0.3, -0.25) is 4.79 Å². The first-order chi connectivity index (χ1) is 11.1. The molecule has 0 spiro atoms. The smallest absolute Gasteiger partial charge is 0.409 e. The van der Waals surface area contributed by atoms with Crippen LogP contribution in [0.2, 0.25) is 0 Å². The van der Waals surface area contributed by atoms with Crippen molar-refractivity contribution < 1.29 is 14.3 Å². The van der Waals surface area contributed by atoms with Gasteiger partial charge < -0.3 is 15.0 Å². The van der Waals surface area contributed by atoms with Crippen molar-refractivity contribution in [2.75, 3.05) is 26.2 Å². The lowest BCUT2D eigenvalue weighted by Gasteiger charge is -2.23. The summed E-state index contributed by atoms with van der Waals surface area (Å²) < 4.78 is 4.89. The molecule has 1 aromatic rings. The molecule has 5 nitrogen and oxygen atoms in total. The van der Waals surface area contributed by atoms with Crippen LogP contribution in [0.5, 0.6) is 0 Å². The largest absolute Gasteiger partial charge is 0.448 e. The molecule has 1 fully saturated rings. The monoisotopic (exact) mass is 318 g/mol.